The van der Waals surface area contributed by atoms with E-state index in [0.29, 0.717) is 11.5 Å². The minimum absolute atomic E-state index is 0.138. The van der Waals surface area contributed by atoms with E-state index >= 15 is 0 Å². The van der Waals surface area contributed by atoms with E-state index in [-0.39, 0.29) is 18.1 Å². The Morgan fingerprint density at radius 3 is 3.06 bits per heavy atom. The van der Waals surface area contributed by atoms with Gasteiger partial charge in [0.05, 0.1) is 11.8 Å². The van der Waals surface area contributed by atoms with Crippen LogP contribution in [0.2, 0.25) is 0 Å². The molecular weight excluding hydrogens is 208 g/mol. The first-order chi connectivity index (χ1) is 7.66. The Kier molecular flexibility index (Phi) is 2.63. The lowest BCUT2D eigenvalue weighted by atomic mass is 10.3. The fourth-order valence-corrected chi connectivity index (χ4v) is 1.36. The van der Waals surface area contributed by atoms with Crippen LogP contribution in [0.15, 0.2) is 18.3 Å². The standard InChI is InChI=1S/C10H10N4O2/c1-6(15)5-8(16)12-10-7-3-2-4-11-9(7)13-14-10/h2-4H,5H2,1H3,(H2,11,12,13,14,16). The number of nitrogens with one attached hydrogen (secondary N) is 2. The molecule has 0 radical (unpaired) electrons. The third-order valence-corrected chi connectivity index (χ3v) is 2.00. The molecule has 0 saturated carbocycles. The highest BCUT2D eigenvalue weighted by molar-refractivity contribution is 6.06. The van der Waals surface area contributed by atoms with Gasteiger partial charge in [0, 0.05) is 6.20 Å². The Bertz CT molecular complexity index is 546. The molecule has 16 heavy (non-hydrogen) atoms. The van der Waals surface area contributed by atoms with Crippen LogP contribution in [0.1, 0.15) is 13.3 Å². The van der Waals surface area contributed by atoms with E-state index in [2.05, 4.69) is 20.5 Å². The topological polar surface area (TPSA) is 87.7 Å². The molecule has 6 nitrogen and oxygen atoms in total. The van der Waals surface area contributed by atoms with Crippen molar-refractivity contribution in [1.82, 2.24) is 15.2 Å². The second kappa shape index (κ2) is 4.09. The summed E-state index contributed by atoms with van der Waals surface area (Å²) in [5.74, 6) is -0.0734. The third kappa shape index (κ3) is 2.05. The summed E-state index contributed by atoms with van der Waals surface area (Å²) in [7, 11) is 0. The molecule has 0 aliphatic rings. The maximum absolute atomic E-state index is 11.4. The fraction of sp³-hybridized carbons (Fsp3) is 0.200. The number of amides is 1. The van der Waals surface area contributed by atoms with Crippen LogP contribution in [0.25, 0.3) is 11.0 Å². The first-order valence-electron chi connectivity index (χ1n) is 4.75. The Hall–Kier alpha value is -2.24. The molecule has 0 bridgehead atoms. The van der Waals surface area contributed by atoms with Crippen molar-refractivity contribution in [2.45, 2.75) is 13.3 Å². The van der Waals surface area contributed by atoms with E-state index in [9.17, 15) is 9.59 Å². The Morgan fingerprint density at radius 2 is 2.31 bits per heavy atom. The van der Waals surface area contributed by atoms with Crippen LogP contribution in [0.4, 0.5) is 5.82 Å². The second-order valence-electron chi connectivity index (χ2n) is 3.40. The number of hydrogen-bond acceptors (Lipinski definition) is 4. The van der Waals surface area contributed by atoms with Gasteiger partial charge in [-0.25, -0.2) is 4.98 Å². The molecule has 0 aliphatic carbocycles. The smallest absolute Gasteiger partial charge is 0.232 e. The van der Waals surface area contributed by atoms with E-state index in [1.54, 1.807) is 18.3 Å². The molecule has 2 heterocycles. The monoisotopic (exact) mass is 218 g/mol. The quantitative estimate of drug-likeness (QED) is 0.748. The molecular formula is C10H10N4O2. The third-order valence-electron chi connectivity index (χ3n) is 2.00. The Labute approximate surface area is 91.1 Å². The van der Waals surface area contributed by atoms with Crippen molar-refractivity contribution in [2.75, 3.05) is 5.32 Å². The minimum atomic E-state index is -0.359. The van der Waals surface area contributed by atoms with Gasteiger partial charge in [0.2, 0.25) is 5.91 Å². The van der Waals surface area contributed by atoms with Crippen LogP contribution in [0, 0.1) is 0 Å². The average Bonchev–Trinajstić information content (AvgIpc) is 2.61. The highest BCUT2D eigenvalue weighted by atomic mass is 16.2. The van der Waals surface area contributed by atoms with Crippen molar-refractivity contribution in [3.05, 3.63) is 18.3 Å². The van der Waals surface area contributed by atoms with Gasteiger partial charge in [-0.2, -0.15) is 5.10 Å². The van der Waals surface area contributed by atoms with E-state index < -0.39 is 0 Å². The van der Waals surface area contributed by atoms with Crippen LogP contribution < -0.4 is 5.32 Å². The summed E-state index contributed by atoms with van der Waals surface area (Å²) in [5, 5.41) is 9.88. The maximum atomic E-state index is 11.4. The van der Waals surface area contributed by atoms with Gasteiger partial charge in [0.15, 0.2) is 5.65 Å². The fourth-order valence-electron chi connectivity index (χ4n) is 1.36. The predicted octanol–water partition coefficient (Wildman–Crippen LogP) is 0.875. The summed E-state index contributed by atoms with van der Waals surface area (Å²) < 4.78 is 0. The summed E-state index contributed by atoms with van der Waals surface area (Å²) in [6, 6.07) is 3.54. The van der Waals surface area contributed by atoms with Gasteiger partial charge in [0.25, 0.3) is 0 Å². The van der Waals surface area contributed by atoms with Crippen LogP contribution in [0.5, 0.6) is 0 Å². The van der Waals surface area contributed by atoms with Gasteiger partial charge in [-0.3, -0.25) is 14.7 Å². The normalized spacial score (nSPS) is 10.3. The molecule has 0 unspecified atom stereocenters. The first kappa shape index (κ1) is 10.3. The van der Waals surface area contributed by atoms with Crippen molar-refractivity contribution in [1.29, 1.82) is 0 Å². The summed E-state index contributed by atoms with van der Waals surface area (Å²) in [4.78, 5) is 26.1. The van der Waals surface area contributed by atoms with Gasteiger partial charge < -0.3 is 5.32 Å². The van der Waals surface area contributed by atoms with Gasteiger partial charge >= 0.3 is 0 Å². The molecule has 2 N–H and O–H groups in total. The molecule has 82 valence electrons. The summed E-state index contributed by atoms with van der Waals surface area (Å²) in [6.45, 7) is 1.37. The number of hydrogen-bond donors (Lipinski definition) is 2. The number of carbonyl (C=O) groups is 2. The van der Waals surface area contributed by atoms with Crippen LogP contribution >= 0.6 is 0 Å². The second-order valence-corrected chi connectivity index (χ2v) is 3.40. The lowest BCUT2D eigenvalue weighted by molar-refractivity contribution is -0.124. The van der Waals surface area contributed by atoms with Crippen LogP contribution in [-0.4, -0.2) is 26.9 Å². The number of aromatic nitrogens is 3. The molecule has 0 spiro atoms. The number of Topliss-reactive ketones (excluding diaryl/α,β-unsaturated/α-hetero) is 1. The number of rotatable bonds is 3. The Morgan fingerprint density at radius 1 is 1.50 bits per heavy atom. The van der Waals surface area contributed by atoms with E-state index in [4.69, 9.17) is 0 Å². The summed E-state index contributed by atoms with van der Waals surface area (Å²) in [6.07, 6.45) is 1.48. The van der Waals surface area contributed by atoms with Crippen molar-refractivity contribution in [2.24, 2.45) is 0 Å². The number of carbonyl (C=O) groups excluding carboxylic acids is 2. The van der Waals surface area contributed by atoms with E-state index in [1.807, 2.05) is 0 Å². The number of anilines is 1. The van der Waals surface area contributed by atoms with Gasteiger partial charge in [-0.15, -0.1) is 0 Å². The maximum Gasteiger partial charge on any atom is 0.232 e. The number of pyridine rings is 1. The highest BCUT2D eigenvalue weighted by Crippen LogP contribution is 2.17. The zero-order valence-electron chi connectivity index (χ0n) is 8.65. The number of aromatic amines is 1. The van der Waals surface area contributed by atoms with Crippen LogP contribution in [-0.2, 0) is 9.59 Å². The molecule has 2 aromatic heterocycles. The van der Waals surface area contributed by atoms with E-state index in [1.165, 1.54) is 6.92 Å². The number of fused-ring (bicyclic) bond motifs is 1. The molecule has 0 aromatic carbocycles. The lowest BCUT2D eigenvalue weighted by Crippen LogP contribution is -2.15. The molecule has 2 aromatic rings. The molecule has 0 fully saturated rings. The molecule has 2 rings (SSSR count). The SMILES string of the molecule is CC(=O)CC(=O)Nc1[nH]nc2ncccc12. The van der Waals surface area contributed by atoms with Crippen molar-refractivity contribution >= 4 is 28.5 Å². The minimum Gasteiger partial charge on any atom is -0.310 e. The molecule has 0 atom stereocenters. The van der Waals surface area contributed by atoms with Gasteiger partial charge in [0.1, 0.15) is 11.6 Å². The van der Waals surface area contributed by atoms with Gasteiger partial charge in [-0.05, 0) is 19.1 Å². The zero-order chi connectivity index (χ0) is 11.5. The predicted molar refractivity (Wildman–Crippen MR) is 57.8 cm³/mol. The molecule has 0 aliphatic heterocycles. The van der Waals surface area contributed by atoms with Crippen molar-refractivity contribution < 1.29 is 9.59 Å². The zero-order valence-corrected chi connectivity index (χ0v) is 8.65. The van der Waals surface area contributed by atoms with Crippen molar-refractivity contribution in [3.63, 3.8) is 0 Å². The van der Waals surface area contributed by atoms with Crippen molar-refractivity contribution in [3.8, 4) is 0 Å². The van der Waals surface area contributed by atoms with Crippen LogP contribution in [0.3, 0.4) is 0 Å². The number of H-pyrrole nitrogens is 1. The molecule has 0 saturated heterocycles. The number of ketones is 1. The van der Waals surface area contributed by atoms with E-state index in [0.717, 1.165) is 5.39 Å². The average molecular weight is 218 g/mol. The number of nitrogens with zero attached hydrogens (tertiary/aromatic N) is 2. The molecule has 6 heteroatoms. The summed E-state index contributed by atoms with van der Waals surface area (Å²) in [5.41, 5.74) is 0.528. The Balaban J connectivity index is 2.21. The largest absolute Gasteiger partial charge is 0.310 e. The first-order valence-corrected chi connectivity index (χ1v) is 4.75. The lowest BCUT2D eigenvalue weighted by Gasteiger charge is -2.00. The summed E-state index contributed by atoms with van der Waals surface area (Å²) >= 11 is 0. The molecule has 1 amide bonds. The highest BCUT2D eigenvalue weighted by Gasteiger charge is 2.10. The van der Waals surface area contributed by atoms with Gasteiger partial charge in [-0.1, -0.05) is 0 Å².